The highest BCUT2D eigenvalue weighted by Gasteiger charge is 2.19. The molecular weight excluding hydrogens is 312 g/mol. The lowest BCUT2D eigenvalue weighted by atomic mass is 10.2. The molecule has 0 fully saturated rings. The highest BCUT2D eigenvalue weighted by molar-refractivity contribution is 5.91. The van der Waals surface area contributed by atoms with Crippen LogP contribution in [0.1, 0.15) is 5.56 Å². The molecule has 3 aromatic carbocycles. The number of aromatic nitrogens is 2. The van der Waals surface area contributed by atoms with Crippen LogP contribution in [-0.2, 0) is 11.3 Å². The molecule has 1 heterocycles. The summed E-state index contributed by atoms with van der Waals surface area (Å²) in [4.78, 5) is 17.4. The first-order chi connectivity index (χ1) is 12.3. The molecular formula is C21H16N2O2. The van der Waals surface area contributed by atoms with E-state index in [1.807, 2.05) is 84.9 Å². The van der Waals surface area contributed by atoms with E-state index in [0.29, 0.717) is 5.82 Å². The minimum absolute atomic E-state index is 0.223. The van der Waals surface area contributed by atoms with Crippen LogP contribution < -0.4 is 0 Å². The average Bonchev–Trinajstić information content (AvgIpc) is 3.07. The number of rotatable bonds is 3. The van der Waals surface area contributed by atoms with Gasteiger partial charge in [-0.15, -0.1) is 0 Å². The molecule has 0 bridgehead atoms. The van der Waals surface area contributed by atoms with Gasteiger partial charge in [0.15, 0.2) is 5.82 Å². The molecule has 4 rings (SSSR count). The molecule has 0 aliphatic heterocycles. The summed E-state index contributed by atoms with van der Waals surface area (Å²) < 4.78 is 7.06. The van der Waals surface area contributed by atoms with Crippen LogP contribution in [0.2, 0.25) is 0 Å². The normalized spacial score (nSPS) is 10.7. The molecule has 0 amide bonds. The van der Waals surface area contributed by atoms with Gasteiger partial charge in [-0.05, 0) is 17.7 Å². The molecule has 0 unspecified atom stereocenters. The molecule has 0 atom stereocenters. The first kappa shape index (κ1) is 15.1. The Morgan fingerprint density at radius 1 is 0.840 bits per heavy atom. The van der Waals surface area contributed by atoms with Gasteiger partial charge >= 0.3 is 6.09 Å². The number of hydrogen-bond acceptors (Lipinski definition) is 3. The third-order valence-electron chi connectivity index (χ3n) is 3.98. The first-order valence-corrected chi connectivity index (χ1v) is 8.07. The maximum absolute atomic E-state index is 12.8. The maximum atomic E-state index is 12.8. The lowest BCUT2D eigenvalue weighted by molar-refractivity contribution is 0.142. The molecule has 0 aliphatic rings. The largest absolute Gasteiger partial charge is 0.444 e. The second-order valence-electron chi connectivity index (χ2n) is 5.67. The summed E-state index contributed by atoms with van der Waals surface area (Å²) in [6, 6.07) is 26.8. The summed E-state index contributed by atoms with van der Waals surface area (Å²) in [6.45, 7) is 0.223. The molecule has 25 heavy (non-hydrogen) atoms. The van der Waals surface area contributed by atoms with E-state index >= 15 is 0 Å². The molecule has 4 aromatic rings. The van der Waals surface area contributed by atoms with E-state index in [1.165, 1.54) is 4.57 Å². The van der Waals surface area contributed by atoms with Crippen molar-refractivity contribution in [3.05, 3.63) is 90.5 Å². The molecule has 0 N–H and O–H groups in total. The molecule has 4 heteroatoms. The highest BCUT2D eigenvalue weighted by atomic mass is 16.5. The molecule has 0 aliphatic carbocycles. The average molecular weight is 328 g/mol. The van der Waals surface area contributed by atoms with Crippen LogP contribution in [0.25, 0.3) is 22.4 Å². The van der Waals surface area contributed by atoms with Gasteiger partial charge in [0.1, 0.15) is 6.61 Å². The summed E-state index contributed by atoms with van der Waals surface area (Å²) in [5.74, 6) is 0.583. The van der Waals surface area contributed by atoms with E-state index in [4.69, 9.17) is 4.74 Å². The number of carbonyl (C=O) groups is 1. The van der Waals surface area contributed by atoms with Crippen LogP contribution in [0.15, 0.2) is 84.9 Å². The fraction of sp³-hybridized carbons (Fsp3) is 0.0476. The fourth-order valence-electron chi connectivity index (χ4n) is 2.78. The van der Waals surface area contributed by atoms with Gasteiger partial charge in [-0.1, -0.05) is 72.8 Å². The smallest absolute Gasteiger partial charge is 0.420 e. The Balaban J connectivity index is 1.73. The van der Waals surface area contributed by atoms with Crippen molar-refractivity contribution in [3.8, 4) is 11.4 Å². The molecule has 0 saturated carbocycles. The molecule has 0 spiro atoms. The summed E-state index contributed by atoms with van der Waals surface area (Å²) >= 11 is 0. The molecule has 0 radical (unpaired) electrons. The Labute approximate surface area is 145 Å². The number of benzene rings is 3. The number of hydrogen-bond donors (Lipinski definition) is 0. The van der Waals surface area contributed by atoms with Gasteiger partial charge in [-0.2, -0.15) is 0 Å². The Morgan fingerprint density at radius 2 is 1.48 bits per heavy atom. The maximum Gasteiger partial charge on any atom is 0.420 e. The first-order valence-electron chi connectivity index (χ1n) is 8.07. The minimum Gasteiger partial charge on any atom is -0.444 e. The Morgan fingerprint density at radius 3 is 2.24 bits per heavy atom. The van der Waals surface area contributed by atoms with Crippen molar-refractivity contribution in [2.24, 2.45) is 0 Å². The number of imidazole rings is 1. The van der Waals surface area contributed by atoms with Crippen molar-refractivity contribution in [1.82, 2.24) is 9.55 Å². The molecule has 4 nitrogen and oxygen atoms in total. The van der Waals surface area contributed by atoms with E-state index in [-0.39, 0.29) is 6.61 Å². The van der Waals surface area contributed by atoms with Crippen molar-refractivity contribution >= 4 is 17.1 Å². The SMILES string of the molecule is O=C(OCc1ccccc1)n1c(-c2ccccc2)nc2ccccc21. The van der Waals surface area contributed by atoms with Gasteiger partial charge in [0, 0.05) is 5.56 Å². The number of para-hydroxylation sites is 2. The number of ether oxygens (including phenoxy) is 1. The summed E-state index contributed by atoms with van der Waals surface area (Å²) in [5, 5.41) is 0. The standard InChI is InChI=1S/C21H16N2O2/c24-21(25-15-16-9-3-1-4-10-16)23-19-14-8-7-13-18(19)22-20(23)17-11-5-2-6-12-17/h1-14H,15H2. The zero-order valence-corrected chi connectivity index (χ0v) is 13.5. The lowest BCUT2D eigenvalue weighted by Crippen LogP contribution is -2.14. The van der Waals surface area contributed by atoms with Crippen LogP contribution in [0.3, 0.4) is 0 Å². The quantitative estimate of drug-likeness (QED) is 0.538. The highest BCUT2D eigenvalue weighted by Crippen LogP contribution is 2.25. The van der Waals surface area contributed by atoms with Crippen LogP contribution in [0.4, 0.5) is 4.79 Å². The van der Waals surface area contributed by atoms with Crippen molar-refractivity contribution < 1.29 is 9.53 Å². The summed E-state index contributed by atoms with van der Waals surface area (Å²) in [6.07, 6.45) is -0.434. The number of nitrogens with zero attached hydrogens (tertiary/aromatic N) is 2. The number of carbonyl (C=O) groups excluding carboxylic acids is 1. The summed E-state index contributed by atoms with van der Waals surface area (Å²) in [5.41, 5.74) is 3.31. The van der Waals surface area contributed by atoms with Gasteiger partial charge in [-0.3, -0.25) is 0 Å². The molecule has 122 valence electrons. The van der Waals surface area contributed by atoms with Gasteiger partial charge < -0.3 is 4.74 Å². The van der Waals surface area contributed by atoms with Crippen LogP contribution in [-0.4, -0.2) is 15.6 Å². The monoisotopic (exact) mass is 328 g/mol. The van der Waals surface area contributed by atoms with Crippen molar-refractivity contribution in [2.75, 3.05) is 0 Å². The van der Waals surface area contributed by atoms with E-state index < -0.39 is 6.09 Å². The predicted octanol–water partition coefficient (Wildman–Crippen LogP) is 4.89. The topological polar surface area (TPSA) is 44.1 Å². The van der Waals surface area contributed by atoms with Crippen LogP contribution in [0.5, 0.6) is 0 Å². The number of fused-ring (bicyclic) bond motifs is 1. The van der Waals surface area contributed by atoms with Gasteiger partial charge in [-0.25, -0.2) is 14.3 Å². The lowest BCUT2D eigenvalue weighted by Gasteiger charge is -2.09. The summed E-state index contributed by atoms with van der Waals surface area (Å²) in [7, 11) is 0. The zero-order valence-electron chi connectivity index (χ0n) is 13.5. The van der Waals surface area contributed by atoms with E-state index in [0.717, 1.165) is 22.2 Å². The van der Waals surface area contributed by atoms with Crippen molar-refractivity contribution in [1.29, 1.82) is 0 Å². The Bertz CT molecular complexity index is 1010. The Kier molecular flexibility index (Phi) is 4.01. The van der Waals surface area contributed by atoms with Gasteiger partial charge in [0.25, 0.3) is 0 Å². The molecule has 1 aromatic heterocycles. The second-order valence-corrected chi connectivity index (χ2v) is 5.67. The van der Waals surface area contributed by atoms with Crippen molar-refractivity contribution in [3.63, 3.8) is 0 Å². The van der Waals surface area contributed by atoms with Gasteiger partial charge in [0.2, 0.25) is 0 Å². The minimum atomic E-state index is -0.434. The van der Waals surface area contributed by atoms with Crippen LogP contribution in [0, 0.1) is 0 Å². The third-order valence-corrected chi connectivity index (χ3v) is 3.98. The van der Waals surface area contributed by atoms with Crippen molar-refractivity contribution in [2.45, 2.75) is 6.61 Å². The third kappa shape index (κ3) is 3.02. The Hall–Kier alpha value is -3.40. The van der Waals surface area contributed by atoms with E-state index in [9.17, 15) is 4.79 Å². The fourth-order valence-corrected chi connectivity index (χ4v) is 2.78. The molecule has 0 saturated heterocycles. The zero-order chi connectivity index (χ0) is 17.1. The van der Waals surface area contributed by atoms with E-state index in [2.05, 4.69) is 4.98 Å². The van der Waals surface area contributed by atoms with Crippen LogP contribution >= 0.6 is 0 Å². The second kappa shape index (κ2) is 6.61. The van der Waals surface area contributed by atoms with E-state index in [1.54, 1.807) is 0 Å². The van der Waals surface area contributed by atoms with Gasteiger partial charge in [0.05, 0.1) is 11.0 Å². The predicted molar refractivity (Wildman–Crippen MR) is 97.2 cm³/mol.